The van der Waals surface area contributed by atoms with E-state index in [2.05, 4.69) is 22.3 Å². The molecule has 0 unspecified atom stereocenters. The molecule has 0 aliphatic heterocycles. The Labute approximate surface area is 108 Å². The molecule has 3 N–H and O–H groups in total. The van der Waals surface area contributed by atoms with Crippen LogP contribution in [0.4, 0.5) is 5.82 Å². The summed E-state index contributed by atoms with van der Waals surface area (Å²) < 4.78 is 4.87. The van der Waals surface area contributed by atoms with Crippen molar-refractivity contribution in [2.45, 2.75) is 6.92 Å². The maximum Gasteiger partial charge on any atom is 0.268 e. The van der Waals surface area contributed by atoms with Crippen LogP contribution in [0, 0.1) is 18.8 Å². The average Bonchev–Trinajstić information content (AvgIpc) is 2.95. The highest BCUT2D eigenvalue weighted by Gasteiger charge is 2.13. The number of amides is 1. The second-order valence-corrected chi connectivity index (χ2v) is 4.36. The molecule has 0 saturated carbocycles. The third kappa shape index (κ3) is 2.77. The fraction of sp³-hybridized carbons (Fsp3) is 0.167. The Morgan fingerprint density at radius 3 is 3.17 bits per heavy atom. The minimum absolute atomic E-state index is 0.250. The Morgan fingerprint density at radius 1 is 1.67 bits per heavy atom. The zero-order valence-electron chi connectivity index (χ0n) is 9.69. The SMILES string of the molecule is Cc1cc(NC(=O)c2sccc2C#CCN)no1. The number of carbonyl (C=O) groups excluding carboxylic acids is 1. The van der Waals surface area contributed by atoms with Gasteiger partial charge in [-0.25, -0.2) is 0 Å². The summed E-state index contributed by atoms with van der Waals surface area (Å²) in [5.41, 5.74) is 5.97. The Kier molecular flexibility index (Phi) is 3.77. The molecule has 0 bridgehead atoms. The van der Waals surface area contributed by atoms with Gasteiger partial charge < -0.3 is 15.6 Å². The van der Waals surface area contributed by atoms with E-state index in [0.29, 0.717) is 22.0 Å². The Morgan fingerprint density at radius 2 is 2.50 bits per heavy atom. The normalized spacial score (nSPS) is 9.67. The van der Waals surface area contributed by atoms with Crippen LogP contribution in [-0.2, 0) is 0 Å². The first kappa shape index (κ1) is 12.4. The van der Waals surface area contributed by atoms with Crippen molar-refractivity contribution in [2.24, 2.45) is 5.73 Å². The molecule has 5 nitrogen and oxygen atoms in total. The average molecular weight is 261 g/mol. The van der Waals surface area contributed by atoms with E-state index in [0.717, 1.165) is 0 Å². The van der Waals surface area contributed by atoms with E-state index >= 15 is 0 Å². The maximum absolute atomic E-state index is 12.0. The van der Waals surface area contributed by atoms with Crippen LogP contribution < -0.4 is 11.1 Å². The van der Waals surface area contributed by atoms with Crippen molar-refractivity contribution in [1.82, 2.24) is 5.16 Å². The van der Waals surface area contributed by atoms with Crippen LogP contribution in [0.2, 0.25) is 0 Å². The predicted octanol–water partition coefficient (Wildman–Crippen LogP) is 1.61. The monoisotopic (exact) mass is 261 g/mol. The molecular weight excluding hydrogens is 250 g/mol. The summed E-state index contributed by atoms with van der Waals surface area (Å²) in [7, 11) is 0. The number of aromatic nitrogens is 1. The zero-order chi connectivity index (χ0) is 13.0. The van der Waals surface area contributed by atoms with Crippen LogP contribution in [0.1, 0.15) is 21.0 Å². The standard InChI is InChI=1S/C12H11N3O2S/c1-8-7-10(15-17-8)14-12(16)11-9(3-2-5-13)4-6-18-11/h4,6-7H,5,13H2,1H3,(H,14,15,16). The second kappa shape index (κ2) is 5.49. The number of nitrogens with one attached hydrogen (secondary N) is 1. The molecule has 6 heteroatoms. The van der Waals surface area contributed by atoms with Gasteiger partial charge in [-0.2, -0.15) is 0 Å². The van der Waals surface area contributed by atoms with Crippen LogP contribution in [0.3, 0.4) is 0 Å². The van der Waals surface area contributed by atoms with Gasteiger partial charge in [-0.15, -0.1) is 11.3 Å². The van der Waals surface area contributed by atoms with Gasteiger partial charge in [0.15, 0.2) is 5.82 Å². The fourth-order valence-electron chi connectivity index (χ4n) is 1.33. The molecular formula is C12H11N3O2S. The van der Waals surface area contributed by atoms with Crippen molar-refractivity contribution in [3.8, 4) is 11.8 Å². The number of hydrogen-bond donors (Lipinski definition) is 2. The lowest BCUT2D eigenvalue weighted by atomic mass is 10.2. The van der Waals surface area contributed by atoms with Crippen LogP contribution in [0.5, 0.6) is 0 Å². The zero-order valence-corrected chi connectivity index (χ0v) is 10.5. The van der Waals surface area contributed by atoms with E-state index in [1.807, 2.05) is 5.38 Å². The molecule has 1 amide bonds. The van der Waals surface area contributed by atoms with E-state index < -0.39 is 0 Å². The highest BCUT2D eigenvalue weighted by Crippen LogP contribution is 2.18. The van der Waals surface area contributed by atoms with Crippen molar-refractivity contribution in [2.75, 3.05) is 11.9 Å². The molecule has 0 atom stereocenters. The number of rotatable bonds is 2. The number of nitrogens with zero attached hydrogens (tertiary/aromatic N) is 1. The molecule has 2 heterocycles. The largest absolute Gasteiger partial charge is 0.360 e. The van der Waals surface area contributed by atoms with Gasteiger partial charge in [0, 0.05) is 11.6 Å². The molecule has 0 saturated heterocycles. The van der Waals surface area contributed by atoms with E-state index in [1.54, 1.807) is 19.1 Å². The first-order valence-electron chi connectivity index (χ1n) is 5.22. The third-order valence-corrected chi connectivity index (χ3v) is 2.98. The molecule has 92 valence electrons. The third-order valence-electron chi connectivity index (χ3n) is 2.07. The number of nitrogens with two attached hydrogens (primary N) is 1. The van der Waals surface area contributed by atoms with Gasteiger partial charge in [-0.1, -0.05) is 17.0 Å². The van der Waals surface area contributed by atoms with Gasteiger partial charge in [0.05, 0.1) is 6.54 Å². The summed E-state index contributed by atoms with van der Waals surface area (Å²) in [5, 5.41) is 8.16. The van der Waals surface area contributed by atoms with Gasteiger partial charge >= 0.3 is 0 Å². The Bertz CT molecular complexity index is 619. The predicted molar refractivity (Wildman–Crippen MR) is 69.4 cm³/mol. The van der Waals surface area contributed by atoms with Gasteiger partial charge in [0.2, 0.25) is 0 Å². The van der Waals surface area contributed by atoms with E-state index in [-0.39, 0.29) is 12.5 Å². The maximum atomic E-state index is 12.0. The highest BCUT2D eigenvalue weighted by molar-refractivity contribution is 7.12. The molecule has 0 aliphatic rings. The Balaban J connectivity index is 2.16. The summed E-state index contributed by atoms with van der Waals surface area (Å²) in [5.74, 6) is 6.36. The van der Waals surface area contributed by atoms with Crippen molar-refractivity contribution < 1.29 is 9.32 Å². The summed E-state index contributed by atoms with van der Waals surface area (Å²) >= 11 is 1.32. The van der Waals surface area contributed by atoms with Crippen LogP contribution in [0.15, 0.2) is 22.0 Å². The topological polar surface area (TPSA) is 81.2 Å². The highest BCUT2D eigenvalue weighted by atomic mass is 32.1. The fourth-order valence-corrected chi connectivity index (χ4v) is 2.07. The van der Waals surface area contributed by atoms with Gasteiger partial charge in [-0.05, 0) is 18.4 Å². The van der Waals surface area contributed by atoms with Crippen LogP contribution in [0.25, 0.3) is 0 Å². The number of carbonyl (C=O) groups is 1. The summed E-state index contributed by atoms with van der Waals surface area (Å²) in [6.45, 7) is 2.02. The molecule has 0 fully saturated rings. The molecule has 0 aromatic carbocycles. The molecule has 0 radical (unpaired) electrons. The second-order valence-electron chi connectivity index (χ2n) is 3.45. The van der Waals surface area contributed by atoms with Crippen molar-refractivity contribution in [1.29, 1.82) is 0 Å². The lowest BCUT2D eigenvalue weighted by molar-refractivity contribution is 0.102. The Hall–Kier alpha value is -2.10. The van der Waals surface area contributed by atoms with E-state index in [4.69, 9.17) is 10.3 Å². The molecule has 18 heavy (non-hydrogen) atoms. The van der Waals surface area contributed by atoms with Gasteiger partial charge in [-0.3, -0.25) is 4.79 Å². The number of thiophene rings is 1. The lowest BCUT2D eigenvalue weighted by Crippen LogP contribution is -2.11. The van der Waals surface area contributed by atoms with Crippen molar-refractivity contribution >= 4 is 23.1 Å². The summed E-state index contributed by atoms with van der Waals surface area (Å²) in [4.78, 5) is 12.5. The minimum Gasteiger partial charge on any atom is -0.360 e. The lowest BCUT2D eigenvalue weighted by Gasteiger charge is -1.98. The smallest absolute Gasteiger partial charge is 0.268 e. The van der Waals surface area contributed by atoms with E-state index in [1.165, 1.54) is 11.3 Å². The van der Waals surface area contributed by atoms with Crippen LogP contribution in [-0.4, -0.2) is 17.6 Å². The van der Waals surface area contributed by atoms with Crippen molar-refractivity contribution in [3.05, 3.63) is 33.7 Å². The molecule has 2 aromatic heterocycles. The van der Waals surface area contributed by atoms with Crippen LogP contribution >= 0.6 is 11.3 Å². The number of aryl methyl sites for hydroxylation is 1. The van der Waals surface area contributed by atoms with Gasteiger partial charge in [0.1, 0.15) is 10.6 Å². The molecule has 2 aromatic rings. The minimum atomic E-state index is -0.250. The number of anilines is 1. The first-order valence-corrected chi connectivity index (χ1v) is 6.10. The quantitative estimate of drug-likeness (QED) is 0.805. The number of hydrogen-bond acceptors (Lipinski definition) is 5. The molecule has 0 aliphatic carbocycles. The van der Waals surface area contributed by atoms with E-state index in [9.17, 15) is 4.79 Å². The summed E-state index contributed by atoms with van der Waals surface area (Å²) in [6.07, 6.45) is 0. The first-order chi connectivity index (χ1) is 8.70. The van der Waals surface area contributed by atoms with Gasteiger partial charge in [0.25, 0.3) is 5.91 Å². The molecule has 0 spiro atoms. The summed E-state index contributed by atoms with van der Waals surface area (Å²) in [6, 6.07) is 3.44. The molecule has 2 rings (SSSR count). The van der Waals surface area contributed by atoms with Crippen molar-refractivity contribution in [3.63, 3.8) is 0 Å².